The summed E-state index contributed by atoms with van der Waals surface area (Å²) in [7, 11) is 0. The molecule has 0 unspecified atom stereocenters. The molecule has 2 rings (SSSR count). The summed E-state index contributed by atoms with van der Waals surface area (Å²) < 4.78 is 0.969. The molecule has 1 heterocycles. The molecule has 1 aromatic heterocycles. The molecule has 1 amide bonds. The second-order valence-electron chi connectivity index (χ2n) is 4.48. The van der Waals surface area contributed by atoms with Crippen LogP contribution in [0, 0.1) is 20.8 Å². The summed E-state index contributed by atoms with van der Waals surface area (Å²) >= 11 is 4.82. The maximum Gasteiger partial charge on any atom is 0.265 e. The lowest BCUT2D eigenvalue weighted by molar-refractivity contribution is 0.103. The highest BCUT2D eigenvalue weighted by molar-refractivity contribution is 9.11. The summed E-state index contributed by atoms with van der Waals surface area (Å²) in [5.41, 5.74) is 3.35. The van der Waals surface area contributed by atoms with E-state index in [4.69, 9.17) is 0 Å². The molecule has 0 spiro atoms. The number of rotatable bonds is 2. The van der Waals surface area contributed by atoms with E-state index in [0.717, 1.165) is 26.2 Å². The number of anilines is 1. The van der Waals surface area contributed by atoms with Gasteiger partial charge in [-0.1, -0.05) is 0 Å². The topological polar surface area (TPSA) is 49.3 Å². The zero-order valence-corrected chi connectivity index (χ0v) is 13.3. The molecular weight excluding hydrogens is 326 g/mol. The van der Waals surface area contributed by atoms with Crippen molar-refractivity contribution in [1.29, 1.82) is 0 Å². The van der Waals surface area contributed by atoms with Crippen LogP contribution in [0.2, 0.25) is 0 Å². The fourth-order valence-corrected chi connectivity index (χ4v) is 3.12. The first-order chi connectivity index (χ1) is 8.88. The molecule has 100 valence electrons. The van der Waals surface area contributed by atoms with Gasteiger partial charge in [0.2, 0.25) is 0 Å². The number of amides is 1. The van der Waals surface area contributed by atoms with E-state index >= 15 is 0 Å². The van der Waals surface area contributed by atoms with Crippen molar-refractivity contribution in [2.24, 2.45) is 0 Å². The molecule has 0 radical (unpaired) electrons. The molecule has 3 nitrogen and oxygen atoms in total. The van der Waals surface area contributed by atoms with Crippen molar-refractivity contribution in [2.75, 3.05) is 5.32 Å². The van der Waals surface area contributed by atoms with Crippen molar-refractivity contribution in [1.82, 2.24) is 0 Å². The summed E-state index contributed by atoms with van der Waals surface area (Å²) in [6.45, 7) is 5.61. The molecule has 0 atom stereocenters. The Morgan fingerprint density at radius 2 is 1.84 bits per heavy atom. The molecule has 0 aliphatic carbocycles. The van der Waals surface area contributed by atoms with Gasteiger partial charge in [0.15, 0.2) is 0 Å². The third kappa shape index (κ3) is 2.98. The van der Waals surface area contributed by atoms with Crippen LogP contribution in [0.25, 0.3) is 0 Å². The minimum Gasteiger partial charge on any atom is -0.508 e. The number of aromatic hydroxyl groups is 1. The van der Waals surface area contributed by atoms with Crippen LogP contribution in [-0.4, -0.2) is 11.0 Å². The van der Waals surface area contributed by atoms with E-state index in [2.05, 4.69) is 21.2 Å². The van der Waals surface area contributed by atoms with Crippen molar-refractivity contribution in [2.45, 2.75) is 20.8 Å². The van der Waals surface area contributed by atoms with Crippen molar-refractivity contribution in [3.63, 3.8) is 0 Å². The van der Waals surface area contributed by atoms with Gasteiger partial charge in [0.1, 0.15) is 5.75 Å². The van der Waals surface area contributed by atoms with Crippen molar-refractivity contribution in [3.8, 4) is 5.75 Å². The average molecular weight is 340 g/mol. The number of nitrogens with one attached hydrogen (secondary N) is 1. The van der Waals surface area contributed by atoms with Crippen LogP contribution >= 0.6 is 27.3 Å². The zero-order chi connectivity index (χ0) is 14.2. The van der Waals surface area contributed by atoms with Gasteiger partial charge in [0.25, 0.3) is 5.91 Å². The first kappa shape index (κ1) is 14.1. The van der Waals surface area contributed by atoms with Gasteiger partial charge in [-0.15, -0.1) is 11.3 Å². The van der Waals surface area contributed by atoms with Gasteiger partial charge >= 0.3 is 0 Å². The second-order valence-corrected chi connectivity index (χ2v) is 6.85. The van der Waals surface area contributed by atoms with Gasteiger partial charge in [-0.2, -0.15) is 0 Å². The number of hydrogen-bond acceptors (Lipinski definition) is 3. The Morgan fingerprint density at radius 1 is 1.16 bits per heavy atom. The molecule has 0 saturated heterocycles. The monoisotopic (exact) mass is 339 g/mol. The van der Waals surface area contributed by atoms with Gasteiger partial charge in [0, 0.05) is 5.69 Å². The average Bonchev–Trinajstić information content (AvgIpc) is 2.67. The Labute approximate surface area is 124 Å². The molecular formula is C14H14BrNO2S. The third-order valence-electron chi connectivity index (χ3n) is 2.87. The molecule has 0 aliphatic heterocycles. The first-order valence-electron chi connectivity index (χ1n) is 5.76. The summed E-state index contributed by atoms with van der Waals surface area (Å²) in [6.07, 6.45) is 0. The van der Waals surface area contributed by atoms with E-state index in [-0.39, 0.29) is 11.7 Å². The minimum atomic E-state index is -0.132. The fraction of sp³-hybridized carbons (Fsp3) is 0.214. The maximum absolute atomic E-state index is 12.1. The van der Waals surface area contributed by atoms with E-state index in [1.54, 1.807) is 19.1 Å². The summed E-state index contributed by atoms with van der Waals surface area (Å²) in [5, 5.41) is 12.5. The summed E-state index contributed by atoms with van der Waals surface area (Å²) in [5.74, 6) is 0.109. The molecule has 2 aromatic rings. The Bertz CT molecular complexity index is 630. The lowest BCUT2D eigenvalue weighted by atomic mass is 10.1. The molecule has 2 N–H and O–H groups in total. The molecule has 0 fully saturated rings. The number of benzene rings is 1. The lowest BCUT2D eigenvalue weighted by Crippen LogP contribution is -2.11. The molecule has 0 aliphatic rings. The zero-order valence-electron chi connectivity index (χ0n) is 10.9. The number of phenolic OH excluding ortho intramolecular Hbond substituents is 1. The summed E-state index contributed by atoms with van der Waals surface area (Å²) in [6, 6.07) is 5.28. The van der Waals surface area contributed by atoms with Gasteiger partial charge in [-0.05, 0) is 71.6 Å². The van der Waals surface area contributed by atoms with Crippen LogP contribution in [0.5, 0.6) is 5.75 Å². The second kappa shape index (κ2) is 5.35. The van der Waals surface area contributed by atoms with Crippen LogP contribution in [0.1, 0.15) is 26.4 Å². The molecule has 0 bridgehead atoms. The Kier molecular flexibility index (Phi) is 3.96. The SMILES string of the molecule is Cc1cc(NC(=O)c2cc(C)c(Br)s2)c(C)cc1O. The van der Waals surface area contributed by atoms with Crippen molar-refractivity contribution < 1.29 is 9.90 Å². The summed E-state index contributed by atoms with van der Waals surface area (Å²) in [4.78, 5) is 12.8. The van der Waals surface area contributed by atoms with Crippen LogP contribution < -0.4 is 5.32 Å². The highest BCUT2D eigenvalue weighted by Crippen LogP contribution is 2.29. The number of carbonyl (C=O) groups is 1. The quantitative estimate of drug-likeness (QED) is 0.797. The first-order valence-corrected chi connectivity index (χ1v) is 7.37. The highest BCUT2D eigenvalue weighted by Gasteiger charge is 2.13. The maximum atomic E-state index is 12.1. The van der Waals surface area contributed by atoms with Crippen LogP contribution in [0.4, 0.5) is 5.69 Å². The van der Waals surface area contributed by atoms with E-state index in [9.17, 15) is 9.90 Å². The number of hydrogen-bond donors (Lipinski definition) is 2. The van der Waals surface area contributed by atoms with Crippen LogP contribution in [0.3, 0.4) is 0 Å². The van der Waals surface area contributed by atoms with Crippen molar-refractivity contribution in [3.05, 3.63) is 43.6 Å². The smallest absolute Gasteiger partial charge is 0.265 e. The predicted octanol–water partition coefficient (Wildman–Crippen LogP) is 4.39. The number of phenols is 1. The Hall–Kier alpha value is -1.33. The Morgan fingerprint density at radius 3 is 2.42 bits per heavy atom. The lowest BCUT2D eigenvalue weighted by Gasteiger charge is -2.09. The Balaban J connectivity index is 2.26. The predicted molar refractivity (Wildman–Crippen MR) is 82.3 cm³/mol. The van der Waals surface area contributed by atoms with Crippen LogP contribution in [-0.2, 0) is 0 Å². The van der Waals surface area contributed by atoms with Gasteiger partial charge in [0.05, 0.1) is 8.66 Å². The molecule has 19 heavy (non-hydrogen) atoms. The van der Waals surface area contributed by atoms with Gasteiger partial charge in [-0.25, -0.2) is 0 Å². The molecule has 5 heteroatoms. The van der Waals surface area contributed by atoms with E-state index in [1.165, 1.54) is 11.3 Å². The van der Waals surface area contributed by atoms with Crippen LogP contribution in [0.15, 0.2) is 22.0 Å². The van der Waals surface area contributed by atoms with Gasteiger partial charge < -0.3 is 10.4 Å². The third-order valence-corrected chi connectivity index (χ3v) is 5.01. The van der Waals surface area contributed by atoms with E-state index in [1.807, 2.05) is 19.9 Å². The van der Waals surface area contributed by atoms with Crippen molar-refractivity contribution >= 4 is 38.9 Å². The number of carbonyl (C=O) groups excluding carboxylic acids is 1. The normalized spacial score (nSPS) is 10.5. The highest BCUT2D eigenvalue weighted by atomic mass is 79.9. The number of halogens is 1. The molecule has 1 aromatic carbocycles. The fourth-order valence-electron chi connectivity index (χ4n) is 1.69. The number of thiophene rings is 1. The van der Waals surface area contributed by atoms with E-state index < -0.39 is 0 Å². The standard InChI is InChI=1S/C14H14BrNO2S/c1-7-5-11(17)8(2)4-10(7)16-14(18)12-6-9(3)13(15)19-12/h4-6,17H,1-3H3,(H,16,18). The largest absolute Gasteiger partial charge is 0.508 e. The molecule has 0 saturated carbocycles. The minimum absolute atomic E-state index is 0.132. The number of aryl methyl sites for hydroxylation is 3. The van der Waals surface area contributed by atoms with E-state index in [0.29, 0.717) is 4.88 Å². The van der Waals surface area contributed by atoms with Gasteiger partial charge in [-0.3, -0.25) is 4.79 Å².